The third-order valence-corrected chi connectivity index (χ3v) is 4.85. The van der Waals surface area contributed by atoms with Crippen LogP contribution in [0.1, 0.15) is 12.5 Å². The lowest BCUT2D eigenvalue weighted by Gasteiger charge is -2.28. The van der Waals surface area contributed by atoms with Crippen molar-refractivity contribution in [1.29, 1.82) is 0 Å². The quantitative estimate of drug-likeness (QED) is 0.848. The van der Waals surface area contributed by atoms with Crippen molar-refractivity contribution < 1.29 is 13.2 Å². The van der Waals surface area contributed by atoms with E-state index in [9.17, 15) is 13.2 Å². The molecule has 24 heavy (non-hydrogen) atoms. The molecule has 0 aliphatic carbocycles. The molecule has 0 aliphatic rings. The van der Waals surface area contributed by atoms with Crippen LogP contribution in [0.2, 0.25) is 5.02 Å². The number of amides is 1. The van der Waals surface area contributed by atoms with Crippen molar-refractivity contribution in [2.45, 2.75) is 19.5 Å². The number of carbonyl (C=O) groups is 1. The minimum Gasteiger partial charge on any atom is -0.350 e. The largest absolute Gasteiger partial charge is 0.350 e. The van der Waals surface area contributed by atoms with Crippen molar-refractivity contribution in [2.24, 2.45) is 0 Å². The summed E-state index contributed by atoms with van der Waals surface area (Å²) in [6.45, 7) is 1.81. The first-order valence-electron chi connectivity index (χ1n) is 7.20. The molecule has 1 atom stereocenters. The molecule has 0 bridgehead atoms. The third-order valence-electron chi connectivity index (χ3n) is 3.36. The van der Waals surface area contributed by atoms with E-state index in [-0.39, 0.29) is 6.54 Å². The molecule has 0 saturated carbocycles. The first-order valence-corrected chi connectivity index (χ1v) is 9.43. The topological polar surface area (TPSA) is 79.4 Å². The van der Waals surface area contributed by atoms with Gasteiger partial charge in [0.05, 0.1) is 11.9 Å². The van der Waals surface area contributed by atoms with Crippen LogP contribution in [-0.2, 0) is 21.4 Å². The van der Waals surface area contributed by atoms with Gasteiger partial charge in [0.15, 0.2) is 0 Å². The first-order chi connectivity index (χ1) is 11.3. The van der Waals surface area contributed by atoms with E-state index < -0.39 is 22.0 Å². The highest BCUT2D eigenvalue weighted by Gasteiger charge is 2.28. The zero-order valence-corrected chi connectivity index (χ0v) is 14.9. The van der Waals surface area contributed by atoms with Gasteiger partial charge in [-0.25, -0.2) is 8.42 Å². The lowest BCUT2D eigenvalue weighted by Crippen LogP contribution is -2.47. The van der Waals surface area contributed by atoms with E-state index in [4.69, 9.17) is 11.6 Å². The number of hydrogen-bond donors (Lipinski definition) is 1. The zero-order valence-electron chi connectivity index (χ0n) is 13.3. The van der Waals surface area contributed by atoms with Crippen molar-refractivity contribution in [3.63, 3.8) is 0 Å². The molecule has 128 valence electrons. The molecule has 1 amide bonds. The maximum atomic E-state index is 12.4. The van der Waals surface area contributed by atoms with Gasteiger partial charge in [0.25, 0.3) is 0 Å². The van der Waals surface area contributed by atoms with E-state index in [1.54, 1.807) is 42.7 Å². The van der Waals surface area contributed by atoms with Gasteiger partial charge >= 0.3 is 0 Å². The number of pyridine rings is 1. The van der Waals surface area contributed by atoms with Crippen molar-refractivity contribution in [1.82, 2.24) is 10.3 Å². The van der Waals surface area contributed by atoms with Crippen LogP contribution < -0.4 is 9.62 Å². The van der Waals surface area contributed by atoms with E-state index in [2.05, 4.69) is 10.3 Å². The fraction of sp³-hybridized carbons (Fsp3) is 0.250. The van der Waals surface area contributed by atoms with Crippen molar-refractivity contribution in [3.8, 4) is 0 Å². The smallest absolute Gasteiger partial charge is 0.243 e. The van der Waals surface area contributed by atoms with Crippen LogP contribution in [0, 0.1) is 0 Å². The van der Waals surface area contributed by atoms with Crippen LogP contribution in [-0.4, -0.2) is 31.6 Å². The average molecular weight is 368 g/mol. The number of aromatic nitrogens is 1. The fourth-order valence-electron chi connectivity index (χ4n) is 2.24. The van der Waals surface area contributed by atoms with Crippen LogP contribution >= 0.6 is 11.6 Å². The van der Waals surface area contributed by atoms with Gasteiger partial charge in [-0.05, 0) is 42.8 Å². The maximum Gasteiger partial charge on any atom is 0.243 e. The van der Waals surface area contributed by atoms with Gasteiger partial charge in [0.2, 0.25) is 15.9 Å². The Morgan fingerprint density at radius 3 is 2.50 bits per heavy atom. The normalized spacial score (nSPS) is 12.5. The van der Waals surface area contributed by atoms with Gasteiger partial charge in [-0.2, -0.15) is 0 Å². The Balaban J connectivity index is 2.17. The Labute approximate surface area is 146 Å². The molecule has 0 fully saturated rings. The fourth-order valence-corrected chi connectivity index (χ4v) is 3.54. The van der Waals surface area contributed by atoms with Crippen LogP contribution in [0.5, 0.6) is 0 Å². The number of hydrogen-bond acceptors (Lipinski definition) is 4. The molecule has 1 aromatic carbocycles. The minimum atomic E-state index is -3.64. The summed E-state index contributed by atoms with van der Waals surface area (Å²) in [7, 11) is -3.64. The summed E-state index contributed by atoms with van der Waals surface area (Å²) in [5.41, 5.74) is 1.21. The second kappa shape index (κ2) is 7.63. The zero-order chi connectivity index (χ0) is 17.7. The summed E-state index contributed by atoms with van der Waals surface area (Å²) >= 11 is 5.84. The molecule has 8 heteroatoms. The molecular weight excluding hydrogens is 350 g/mol. The van der Waals surface area contributed by atoms with E-state index in [1.165, 1.54) is 6.92 Å². The third kappa shape index (κ3) is 4.69. The Morgan fingerprint density at radius 2 is 1.96 bits per heavy atom. The second-order valence-electron chi connectivity index (χ2n) is 5.29. The molecule has 0 aliphatic heterocycles. The van der Waals surface area contributed by atoms with Crippen molar-refractivity contribution in [2.75, 3.05) is 10.6 Å². The lowest BCUT2D eigenvalue weighted by molar-refractivity contribution is -0.122. The molecule has 0 spiro atoms. The van der Waals surface area contributed by atoms with Crippen LogP contribution in [0.25, 0.3) is 0 Å². The average Bonchev–Trinajstić information content (AvgIpc) is 2.54. The highest BCUT2D eigenvalue weighted by atomic mass is 35.5. The SMILES string of the molecule is CC(C(=O)NCc1cccnc1)N(c1ccc(Cl)cc1)S(C)(=O)=O. The monoisotopic (exact) mass is 367 g/mol. The highest BCUT2D eigenvalue weighted by molar-refractivity contribution is 7.92. The number of sulfonamides is 1. The predicted octanol–water partition coefficient (Wildman–Crippen LogP) is 2.21. The van der Waals surface area contributed by atoms with E-state index in [0.717, 1.165) is 16.1 Å². The molecule has 0 radical (unpaired) electrons. The Bertz CT molecular complexity index is 795. The lowest BCUT2D eigenvalue weighted by atomic mass is 10.2. The number of nitrogens with zero attached hydrogens (tertiary/aromatic N) is 2. The number of anilines is 1. The molecule has 6 nitrogen and oxygen atoms in total. The second-order valence-corrected chi connectivity index (χ2v) is 7.59. The molecule has 2 rings (SSSR count). The van der Waals surface area contributed by atoms with Crippen LogP contribution in [0.4, 0.5) is 5.69 Å². The summed E-state index contributed by atoms with van der Waals surface area (Å²) < 4.78 is 25.4. The Hall–Kier alpha value is -2.12. The van der Waals surface area contributed by atoms with E-state index in [0.29, 0.717) is 10.7 Å². The van der Waals surface area contributed by atoms with Gasteiger partial charge in [0.1, 0.15) is 6.04 Å². The first kappa shape index (κ1) is 18.2. The summed E-state index contributed by atoms with van der Waals surface area (Å²) in [6.07, 6.45) is 4.34. The molecular formula is C16H18ClN3O3S. The molecule has 1 N–H and O–H groups in total. The minimum absolute atomic E-state index is 0.273. The van der Waals surface area contributed by atoms with Crippen molar-refractivity contribution in [3.05, 3.63) is 59.4 Å². The predicted molar refractivity (Wildman–Crippen MR) is 94.3 cm³/mol. The number of benzene rings is 1. The van der Waals surface area contributed by atoms with E-state index in [1.807, 2.05) is 6.07 Å². The molecule has 0 saturated heterocycles. The summed E-state index contributed by atoms with van der Waals surface area (Å²) in [5.74, 6) is -0.403. The van der Waals surface area contributed by atoms with Gasteiger partial charge < -0.3 is 5.32 Å². The summed E-state index contributed by atoms with van der Waals surface area (Å²) in [4.78, 5) is 16.3. The maximum absolute atomic E-state index is 12.4. The standard InChI is InChI=1S/C16H18ClN3O3S/c1-12(16(21)19-11-13-4-3-9-18-10-13)20(24(2,22)23)15-7-5-14(17)6-8-15/h3-10,12H,11H2,1-2H3,(H,19,21). The van der Waals surface area contributed by atoms with Crippen molar-refractivity contribution >= 4 is 33.2 Å². The summed E-state index contributed by atoms with van der Waals surface area (Å²) in [5, 5.41) is 3.21. The number of rotatable bonds is 6. The molecule has 1 unspecified atom stereocenters. The van der Waals surface area contributed by atoms with Gasteiger partial charge in [-0.1, -0.05) is 17.7 Å². The van der Waals surface area contributed by atoms with Gasteiger partial charge in [-0.15, -0.1) is 0 Å². The number of nitrogens with one attached hydrogen (secondary N) is 1. The van der Waals surface area contributed by atoms with Gasteiger partial charge in [0, 0.05) is 24.0 Å². The number of carbonyl (C=O) groups excluding carboxylic acids is 1. The van der Waals surface area contributed by atoms with Gasteiger partial charge in [-0.3, -0.25) is 14.1 Å². The Morgan fingerprint density at radius 1 is 1.29 bits per heavy atom. The Kier molecular flexibility index (Phi) is 5.80. The molecule has 2 aromatic rings. The van der Waals surface area contributed by atoms with Crippen LogP contribution in [0.15, 0.2) is 48.8 Å². The highest BCUT2D eigenvalue weighted by Crippen LogP contribution is 2.23. The van der Waals surface area contributed by atoms with E-state index >= 15 is 0 Å². The van der Waals surface area contributed by atoms with Crippen LogP contribution in [0.3, 0.4) is 0 Å². The molecule has 1 heterocycles. The summed E-state index contributed by atoms with van der Waals surface area (Å²) in [6, 6.07) is 8.97. The molecule has 1 aromatic heterocycles. The number of halogens is 1.